The number of aromatic nitrogens is 2. The zero-order valence-corrected chi connectivity index (χ0v) is 30.3. The Morgan fingerprint density at radius 2 is 0.745 bits per heavy atom. The van der Waals surface area contributed by atoms with Crippen molar-refractivity contribution < 1.29 is 0 Å². The molecule has 3 heteroatoms. The summed E-state index contributed by atoms with van der Waals surface area (Å²) < 4.78 is 4.73. The predicted molar refractivity (Wildman–Crippen MR) is 235 cm³/mol. The number of para-hydroxylation sites is 2. The Labute approximate surface area is 320 Å². The Bertz CT molecular complexity index is 2870. The molecule has 0 aliphatic carbocycles. The van der Waals surface area contributed by atoms with Crippen molar-refractivity contribution >= 4 is 72.8 Å². The molecule has 0 bridgehead atoms. The van der Waals surface area contributed by atoms with E-state index in [4.69, 9.17) is 0 Å². The van der Waals surface area contributed by atoms with Gasteiger partial charge in [0.2, 0.25) is 0 Å². The summed E-state index contributed by atoms with van der Waals surface area (Å²) in [4.78, 5) is 2.39. The van der Waals surface area contributed by atoms with E-state index in [2.05, 4.69) is 215 Å². The molecule has 0 aliphatic heterocycles. The first kappa shape index (κ1) is 32.3. The third-order valence-electron chi connectivity index (χ3n) is 10.8. The highest BCUT2D eigenvalue weighted by molar-refractivity contribution is 6.12. The summed E-state index contributed by atoms with van der Waals surface area (Å²) in [5.74, 6) is 0. The third-order valence-corrected chi connectivity index (χ3v) is 10.8. The van der Waals surface area contributed by atoms with Crippen LogP contribution >= 0.6 is 0 Å². The van der Waals surface area contributed by atoms with Gasteiger partial charge in [-0.1, -0.05) is 128 Å². The molecule has 0 atom stereocenters. The first-order valence-electron chi connectivity index (χ1n) is 18.7. The van der Waals surface area contributed by atoms with Gasteiger partial charge in [-0.2, -0.15) is 0 Å². The largest absolute Gasteiger partial charge is 0.310 e. The van der Waals surface area contributed by atoms with Crippen LogP contribution in [0.15, 0.2) is 201 Å². The second-order valence-electron chi connectivity index (χ2n) is 13.9. The predicted octanol–water partition coefficient (Wildman–Crippen LogP) is 14.3. The van der Waals surface area contributed by atoms with Crippen molar-refractivity contribution in [1.82, 2.24) is 9.13 Å². The van der Waals surface area contributed by atoms with Crippen LogP contribution in [0.4, 0.5) is 17.1 Å². The van der Waals surface area contributed by atoms with E-state index >= 15 is 0 Å². The fourth-order valence-electron chi connectivity index (χ4n) is 8.16. The minimum Gasteiger partial charge on any atom is -0.310 e. The van der Waals surface area contributed by atoms with Crippen molar-refractivity contribution in [1.29, 1.82) is 0 Å². The molecular formula is C52H37N3. The number of hydrogen-bond acceptors (Lipinski definition) is 1. The summed E-state index contributed by atoms with van der Waals surface area (Å²) in [6.45, 7) is 7.91. The highest BCUT2D eigenvalue weighted by Crippen LogP contribution is 2.42. The first-order chi connectivity index (χ1) is 27.2. The molecule has 8 aromatic carbocycles. The molecule has 0 amide bonds. The summed E-state index contributed by atoms with van der Waals surface area (Å²) in [6, 6.07) is 67.9. The lowest BCUT2D eigenvalue weighted by Crippen LogP contribution is -2.10. The topological polar surface area (TPSA) is 13.1 Å². The van der Waals surface area contributed by atoms with E-state index in [0.717, 1.165) is 50.6 Å². The van der Waals surface area contributed by atoms with Gasteiger partial charge in [-0.15, -0.1) is 0 Å². The van der Waals surface area contributed by atoms with Gasteiger partial charge in [0.05, 0.1) is 22.1 Å². The van der Waals surface area contributed by atoms with Crippen molar-refractivity contribution in [2.75, 3.05) is 4.90 Å². The Kier molecular flexibility index (Phi) is 7.78. The molecule has 0 saturated carbocycles. The van der Waals surface area contributed by atoms with Gasteiger partial charge < -0.3 is 14.0 Å². The van der Waals surface area contributed by atoms with Crippen LogP contribution in [-0.4, -0.2) is 9.13 Å². The van der Waals surface area contributed by atoms with Gasteiger partial charge in [-0.25, -0.2) is 0 Å². The number of benzene rings is 8. The lowest BCUT2D eigenvalue weighted by molar-refractivity contribution is 1.18. The van der Waals surface area contributed by atoms with Gasteiger partial charge in [0.25, 0.3) is 0 Å². The molecule has 55 heavy (non-hydrogen) atoms. The molecule has 10 aromatic rings. The lowest BCUT2D eigenvalue weighted by Gasteiger charge is -2.26. The number of hydrogen-bond donors (Lipinski definition) is 0. The van der Waals surface area contributed by atoms with Gasteiger partial charge >= 0.3 is 0 Å². The van der Waals surface area contributed by atoms with E-state index < -0.39 is 0 Å². The molecule has 0 aliphatic rings. The third kappa shape index (κ3) is 5.45. The van der Waals surface area contributed by atoms with E-state index in [9.17, 15) is 0 Å². The van der Waals surface area contributed by atoms with Crippen LogP contribution in [0, 0.1) is 0 Å². The number of rotatable bonds is 8. The normalized spacial score (nSPS) is 11.4. The molecule has 0 fully saturated rings. The van der Waals surface area contributed by atoms with Gasteiger partial charge in [0, 0.05) is 50.0 Å². The molecule has 0 unspecified atom stereocenters. The van der Waals surface area contributed by atoms with Crippen LogP contribution in [0.1, 0.15) is 11.1 Å². The quantitative estimate of drug-likeness (QED) is 0.154. The first-order valence-corrected chi connectivity index (χ1v) is 18.7. The molecule has 0 saturated heterocycles. The Hall–Kier alpha value is -7.36. The lowest BCUT2D eigenvalue weighted by atomic mass is 10.0. The molecule has 2 heterocycles. The van der Waals surface area contributed by atoms with E-state index in [1.807, 2.05) is 12.2 Å². The van der Waals surface area contributed by atoms with Crippen molar-refractivity contribution in [3.8, 4) is 22.5 Å². The molecule has 2 aromatic heterocycles. The molecule has 3 nitrogen and oxygen atoms in total. The molecule has 260 valence electrons. The zero-order chi connectivity index (χ0) is 36.9. The van der Waals surface area contributed by atoms with Crippen LogP contribution in [0.25, 0.3) is 78.3 Å². The number of anilines is 3. The standard InChI is InChI=1S/C52H37N3/c1-3-36-18-24-41(25-19-36)54-49-16-10-8-14-45(49)47-34-43(30-32-51(47)54)53(40-28-22-39(23-29-40)38-12-6-5-7-13-38)44-31-33-52-48(35-44)46-15-9-11-17-50(46)55(52)42-26-20-37(4-2)21-27-42/h3-35H,1-2H2. The Balaban J connectivity index is 1.18. The number of fused-ring (bicyclic) bond motifs is 6. The van der Waals surface area contributed by atoms with Crippen molar-refractivity contribution in [2.45, 2.75) is 0 Å². The number of nitrogens with zero attached hydrogens (tertiary/aromatic N) is 3. The van der Waals surface area contributed by atoms with Gasteiger partial charge in [-0.05, 0) is 107 Å². The van der Waals surface area contributed by atoms with E-state index in [1.165, 1.54) is 43.7 Å². The summed E-state index contributed by atoms with van der Waals surface area (Å²) in [5, 5.41) is 4.83. The smallest absolute Gasteiger partial charge is 0.0542 e. The summed E-state index contributed by atoms with van der Waals surface area (Å²) in [7, 11) is 0. The van der Waals surface area contributed by atoms with Gasteiger partial charge in [-0.3, -0.25) is 0 Å². The van der Waals surface area contributed by atoms with Crippen molar-refractivity contribution in [2.24, 2.45) is 0 Å². The maximum Gasteiger partial charge on any atom is 0.0542 e. The van der Waals surface area contributed by atoms with E-state index in [1.54, 1.807) is 0 Å². The average Bonchev–Trinajstić information content (AvgIpc) is 3.77. The van der Waals surface area contributed by atoms with Crippen LogP contribution in [0.3, 0.4) is 0 Å². The maximum atomic E-state index is 3.96. The monoisotopic (exact) mass is 703 g/mol. The summed E-state index contributed by atoms with van der Waals surface area (Å²) in [5.41, 5.74) is 14.8. The van der Waals surface area contributed by atoms with E-state index in [-0.39, 0.29) is 0 Å². The average molecular weight is 704 g/mol. The van der Waals surface area contributed by atoms with Crippen LogP contribution in [0.2, 0.25) is 0 Å². The van der Waals surface area contributed by atoms with Crippen LogP contribution in [-0.2, 0) is 0 Å². The van der Waals surface area contributed by atoms with Crippen molar-refractivity contribution in [3.05, 3.63) is 212 Å². The fourth-order valence-corrected chi connectivity index (χ4v) is 8.16. The summed E-state index contributed by atoms with van der Waals surface area (Å²) >= 11 is 0. The van der Waals surface area contributed by atoms with E-state index in [0.29, 0.717) is 0 Å². The second kappa shape index (κ2) is 13.2. The summed E-state index contributed by atoms with van der Waals surface area (Å²) in [6.07, 6.45) is 3.77. The Morgan fingerprint density at radius 3 is 1.22 bits per heavy atom. The molecule has 0 spiro atoms. The minimum absolute atomic E-state index is 1.09. The Morgan fingerprint density at radius 1 is 0.345 bits per heavy atom. The van der Waals surface area contributed by atoms with Gasteiger partial charge in [0.15, 0.2) is 0 Å². The SMILES string of the molecule is C=Cc1ccc(-n2c3ccccc3c3cc(N(c4ccc(-c5ccccc5)cc4)c4ccc5c(c4)c4ccccc4n5-c4ccc(C=C)cc4)ccc32)cc1. The maximum absolute atomic E-state index is 3.96. The zero-order valence-electron chi connectivity index (χ0n) is 30.3. The van der Waals surface area contributed by atoms with Gasteiger partial charge in [0.1, 0.15) is 0 Å². The molecule has 10 rings (SSSR count). The highest BCUT2D eigenvalue weighted by atomic mass is 15.1. The minimum atomic E-state index is 1.09. The van der Waals surface area contributed by atoms with Crippen LogP contribution in [0.5, 0.6) is 0 Å². The van der Waals surface area contributed by atoms with Crippen LogP contribution < -0.4 is 4.90 Å². The van der Waals surface area contributed by atoms with Crippen molar-refractivity contribution in [3.63, 3.8) is 0 Å². The fraction of sp³-hybridized carbons (Fsp3) is 0. The molecule has 0 radical (unpaired) electrons. The second-order valence-corrected chi connectivity index (χ2v) is 13.9. The molecule has 0 N–H and O–H groups in total. The molecular weight excluding hydrogens is 667 g/mol. The highest BCUT2D eigenvalue weighted by Gasteiger charge is 2.20.